The summed E-state index contributed by atoms with van der Waals surface area (Å²) in [5.41, 5.74) is 6.54. The molecule has 1 aromatic rings. The first kappa shape index (κ1) is 13.6. The van der Waals surface area contributed by atoms with E-state index in [2.05, 4.69) is 17.4 Å². The topological polar surface area (TPSA) is 75.4 Å². The van der Waals surface area contributed by atoms with Gasteiger partial charge in [-0.15, -0.1) is 0 Å². The Morgan fingerprint density at radius 1 is 1.35 bits per heavy atom. The van der Waals surface area contributed by atoms with E-state index in [0.717, 1.165) is 32.1 Å². The average Bonchev–Trinajstić information content (AvgIpc) is 3.15. The number of carbonyl (C=O) groups excluding carboxylic acids is 1. The van der Waals surface area contributed by atoms with Crippen LogP contribution in [0.3, 0.4) is 0 Å². The van der Waals surface area contributed by atoms with Crippen LogP contribution in [0.1, 0.15) is 31.2 Å². The Morgan fingerprint density at radius 3 is 2.55 bits per heavy atom. The molecule has 1 aromatic carbocycles. The van der Waals surface area contributed by atoms with Crippen LogP contribution >= 0.6 is 0 Å². The highest BCUT2D eigenvalue weighted by atomic mass is 16.3. The molecule has 20 heavy (non-hydrogen) atoms. The summed E-state index contributed by atoms with van der Waals surface area (Å²) in [4.78, 5) is 12.2. The summed E-state index contributed by atoms with van der Waals surface area (Å²) in [7, 11) is 0. The van der Waals surface area contributed by atoms with Crippen LogP contribution in [-0.2, 0) is 11.2 Å². The molecule has 2 aliphatic carbocycles. The van der Waals surface area contributed by atoms with E-state index < -0.39 is 5.54 Å². The largest absolute Gasteiger partial charge is 0.393 e. The van der Waals surface area contributed by atoms with Gasteiger partial charge in [0.1, 0.15) is 0 Å². The summed E-state index contributed by atoms with van der Waals surface area (Å²) in [6, 6.07) is 10.2. The van der Waals surface area contributed by atoms with E-state index in [-0.39, 0.29) is 18.1 Å². The fourth-order valence-electron chi connectivity index (χ4n) is 2.84. The highest BCUT2D eigenvalue weighted by Crippen LogP contribution is 2.35. The number of amides is 1. The van der Waals surface area contributed by atoms with Gasteiger partial charge in [-0.25, -0.2) is 0 Å². The molecule has 1 atom stereocenters. The molecule has 2 saturated carbocycles. The third kappa shape index (κ3) is 2.86. The van der Waals surface area contributed by atoms with E-state index in [9.17, 15) is 9.90 Å². The van der Waals surface area contributed by atoms with Gasteiger partial charge in [0.2, 0.25) is 5.91 Å². The fraction of sp³-hybridized carbons (Fsp3) is 0.562. The summed E-state index contributed by atoms with van der Waals surface area (Å²) in [5.74, 6) is 0.330. The van der Waals surface area contributed by atoms with Gasteiger partial charge in [0.25, 0.3) is 0 Å². The molecule has 4 heteroatoms. The number of aliphatic hydroxyl groups is 1. The number of hydrogen-bond acceptors (Lipinski definition) is 3. The Balaban J connectivity index is 1.66. The number of benzene rings is 1. The second-order valence-electron chi connectivity index (χ2n) is 6.31. The zero-order chi connectivity index (χ0) is 14.2. The van der Waals surface area contributed by atoms with Crippen molar-refractivity contribution >= 4 is 5.91 Å². The van der Waals surface area contributed by atoms with Crippen molar-refractivity contribution in [1.82, 2.24) is 5.32 Å². The first-order chi connectivity index (χ1) is 9.57. The van der Waals surface area contributed by atoms with Gasteiger partial charge in [-0.3, -0.25) is 4.79 Å². The minimum absolute atomic E-state index is 0.0279. The second-order valence-corrected chi connectivity index (χ2v) is 6.31. The Bertz CT molecular complexity index is 479. The Labute approximate surface area is 119 Å². The molecule has 1 unspecified atom stereocenters. The first-order valence-corrected chi connectivity index (χ1v) is 7.39. The van der Waals surface area contributed by atoms with Gasteiger partial charge in [0.15, 0.2) is 0 Å². The smallest absolute Gasteiger partial charge is 0.240 e. The lowest BCUT2D eigenvalue weighted by molar-refractivity contribution is -0.125. The molecule has 2 fully saturated rings. The van der Waals surface area contributed by atoms with Crippen molar-refractivity contribution in [2.24, 2.45) is 11.7 Å². The second kappa shape index (κ2) is 5.19. The molecule has 3 rings (SSSR count). The van der Waals surface area contributed by atoms with Crippen molar-refractivity contribution in [3.63, 3.8) is 0 Å². The van der Waals surface area contributed by atoms with Gasteiger partial charge in [0, 0.05) is 6.04 Å². The van der Waals surface area contributed by atoms with Crippen LogP contribution in [0.2, 0.25) is 0 Å². The first-order valence-electron chi connectivity index (χ1n) is 7.39. The zero-order valence-electron chi connectivity index (χ0n) is 11.6. The fourth-order valence-corrected chi connectivity index (χ4v) is 2.84. The van der Waals surface area contributed by atoms with Crippen molar-refractivity contribution in [3.05, 3.63) is 35.9 Å². The molecule has 0 heterocycles. The molecule has 0 aliphatic heterocycles. The maximum atomic E-state index is 12.2. The molecule has 0 spiro atoms. The number of carbonyl (C=O) groups is 1. The molecule has 4 N–H and O–H groups in total. The maximum absolute atomic E-state index is 12.2. The van der Waals surface area contributed by atoms with Crippen molar-refractivity contribution in [2.75, 3.05) is 0 Å². The zero-order valence-corrected chi connectivity index (χ0v) is 11.6. The Hall–Kier alpha value is -1.39. The lowest BCUT2D eigenvalue weighted by atomic mass is 9.75. The van der Waals surface area contributed by atoms with Gasteiger partial charge in [-0.05, 0) is 43.6 Å². The molecular formula is C16H22N2O2. The third-order valence-corrected chi connectivity index (χ3v) is 4.57. The van der Waals surface area contributed by atoms with E-state index in [1.54, 1.807) is 0 Å². The molecule has 108 valence electrons. The standard InChI is InChI=1S/C16H22N2O2/c17-16(6-7-16)15(20)18-14(12-9-13(19)10-12)8-11-4-2-1-3-5-11/h1-5,12-14,19H,6-10,17H2,(H,18,20). The summed E-state index contributed by atoms with van der Waals surface area (Å²) in [5, 5.41) is 12.6. The summed E-state index contributed by atoms with van der Waals surface area (Å²) < 4.78 is 0. The van der Waals surface area contributed by atoms with Gasteiger partial charge in [-0.1, -0.05) is 30.3 Å². The number of hydrogen-bond donors (Lipinski definition) is 3. The summed E-state index contributed by atoms with van der Waals surface area (Å²) >= 11 is 0. The van der Waals surface area contributed by atoms with Gasteiger partial charge in [-0.2, -0.15) is 0 Å². The number of nitrogens with two attached hydrogens (primary N) is 1. The molecule has 0 bridgehead atoms. The molecule has 2 aliphatic rings. The lowest BCUT2D eigenvalue weighted by Crippen LogP contribution is -2.53. The molecule has 4 nitrogen and oxygen atoms in total. The summed E-state index contributed by atoms with van der Waals surface area (Å²) in [6.45, 7) is 0. The van der Waals surface area contributed by atoms with Crippen molar-refractivity contribution < 1.29 is 9.90 Å². The Kier molecular flexibility index (Phi) is 3.52. The van der Waals surface area contributed by atoms with E-state index >= 15 is 0 Å². The van der Waals surface area contributed by atoms with Gasteiger partial charge in [0.05, 0.1) is 11.6 Å². The Morgan fingerprint density at radius 2 is 2.00 bits per heavy atom. The normalized spacial score (nSPS) is 28.3. The minimum atomic E-state index is -0.628. The minimum Gasteiger partial charge on any atom is -0.393 e. The van der Waals surface area contributed by atoms with Crippen molar-refractivity contribution in [1.29, 1.82) is 0 Å². The van der Waals surface area contributed by atoms with Gasteiger partial charge < -0.3 is 16.2 Å². The molecular weight excluding hydrogens is 252 g/mol. The monoisotopic (exact) mass is 274 g/mol. The van der Waals surface area contributed by atoms with Crippen molar-refractivity contribution in [3.8, 4) is 0 Å². The van der Waals surface area contributed by atoms with Crippen LogP contribution in [0.25, 0.3) is 0 Å². The quantitative estimate of drug-likeness (QED) is 0.749. The molecule has 1 amide bonds. The lowest BCUT2D eigenvalue weighted by Gasteiger charge is -2.38. The molecule has 0 aromatic heterocycles. The van der Waals surface area contributed by atoms with Crippen LogP contribution in [-0.4, -0.2) is 28.7 Å². The number of rotatable bonds is 5. The molecule has 0 radical (unpaired) electrons. The number of aliphatic hydroxyl groups excluding tert-OH is 1. The third-order valence-electron chi connectivity index (χ3n) is 4.57. The van der Waals surface area contributed by atoms with E-state index in [0.29, 0.717) is 5.92 Å². The van der Waals surface area contributed by atoms with Crippen LogP contribution in [0.4, 0.5) is 0 Å². The van der Waals surface area contributed by atoms with E-state index in [1.165, 1.54) is 5.56 Å². The van der Waals surface area contributed by atoms with Crippen molar-refractivity contribution in [2.45, 2.75) is 49.8 Å². The predicted molar refractivity (Wildman–Crippen MR) is 77.0 cm³/mol. The highest BCUT2D eigenvalue weighted by molar-refractivity contribution is 5.89. The highest BCUT2D eigenvalue weighted by Gasteiger charge is 2.47. The average molecular weight is 274 g/mol. The van der Waals surface area contributed by atoms with E-state index in [1.807, 2.05) is 18.2 Å². The molecule has 0 saturated heterocycles. The van der Waals surface area contributed by atoms with Crippen LogP contribution in [0, 0.1) is 5.92 Å². The maximum Gasteiger partial charge on any atom is 0.240 e. The van der Waals surface area contributed by atoms with E-state index in [4.69, 9.17) is 5.73 Å². The SMILES string of the molecule is NC1(C(=O)NC(Cc2ccccc2)C2CC(O)C2)CC1. The summed E-state index contributed by atoms with van der Waals surface area (Å²) in [6.07, 6.45) is 3.71. The van der Waals surface area contributed by atoms with Gasteiger partial charge >= 0.3 is 0 Å². The van der Waals surface area contributed by atoms with Crippen LogP contribution < -0.4 is 11.1 Å². The van der Waals surface area contributed by atoms with Crippen LogP contribution in [0.15, 0.2) is 30.3 Å². The predicted octanol–water partition coefficient (Wildman–Crippen LogP) is 0.976. The van der Waals surface area contributed by atoms with Crippen LogP contribution in [0.5, 0.6) is 0 Å². The number of nitrogens with one attached hydrogen (secondary N) is 1.